The van der Waals surface area contributed by atoms with E-state index in [0.29, 0.717) is 30.3 Å². The highest BCUT2D eigenvalue weighted by Crippen LogP contribution is 2.20. The summed E-state index contributed by atoms with van der Waals surface area (Å²) in [6, 6.07) is 0. The summed E-state index contributed by atoms with van der Waals surface area (Å²) in [6.45, 7) is 18.8. The lowest BCUT2D eigenvalue weighted by Crippen LogP contribution is -2.16. The molecule has 0 aliphatic heterocycles. The van der Waals surface area contributed by atoms with Crippen LogP contribution in [0, 0.1) is 17.8 Å². The average molecular weight is 339 g/mol. The zero-order chi connectivity index (χ0) is 19.3. The smallest absolute Gasteiger partial charge is 0.166 e. The van der Waals surface area contributed by atoms with Gasteiger partial charge in [0.05, 0.1) is 5.57 Å². The predicted molar refractivity (Wildman–Crippen MR) is 106 cm³/mol. The van der Waals surface area contributed by atoms with Crippen molar-refractivity contribution in [2.45, 2.75) is 101 Å². The van der Waals surface area contributed by atoms with Gasteiger partial charge in [0.25, 0.3) is 0 Å². The number of carbonyl (C=O) groups is 2. The van der Waals surface area contributed by atoms with Crippen LogP contribution in [-0.2, 0) is 9.59 Å². The molecule has 0 atom stereocenters. The van der Waals surface area contributed by atoms with Crippen molar-refractivity contribution in [2.24, 2.45) is 17.8 Å². The van der Waals surface area contributed by atoms with E-state index in [1.807, 2.05) is 27.7 Å². The van der Waals surface area contributed by atoms with Gasteiger partial charge in [0.1, 0.15) is 0 Å². The SMILES string of the molecule is CCC(=O)/C(C(=O)CC(C)C)=C(/C)CCCC(C)C.CCC(C)C. The molecule has 0 aliphatic rings. The molecule has 0 unspecified atom stereocenters. The van der Waals surface area contributed by atoms with E-state index in [1.165, 1.54) is 6.42 Å². The Labute approximate surface area is 151 Å². The Morgan fingerprint density at radius 2 is 1.29 bits per heavy atom. The summed E-state index contributed by atoms with van der Waals surface area (Å²) in [5.74, 6) is 1.90. The first-order chi connectivity index (χ1) is 11.1. The summed E-state index contributed by atoms with van der Waals surface area (Å²) in [7, 11) is 0. The summed E-state index contributed by atoms with van der Waals surface area (Å²) in [5, 5.41) is 0. The molecule has 0 bridgehead atoms. The molecule has 0 radical (unpaired) electrons. The fourth-order valence-electron chi connectivity index (χ4n) is 2.18. The number of Topliss-reactive ketones (excluding diaryl/α,β-unsaturated/α-hetero) is 2. The molecule has 0 saturated heterocycles. The standard InChI is InChI=1S/C17H30O2.C5H12/c1-7-15(18)17(16(19)11-13(4)5)14(6)10-8-9-12(2)3;1-4-5(2)3/h12-13H,7-11H2,1-6H3;5H,4H2,1-3H3/b17-14+;. The van der Waals surface area contributed by atoms with Gasteiger partial charge in [-0.3, -0.25) is 9.59 Å². The molecule has 0 aromatic heterocycles. The highest BCUT2D eigenvalue weighted by atomic mass is 16.1. The van der Waals surface area contributed by atoms with Crippen LogP contribution in [0.3, 0.4) is 0 Å². The molecule has 0 N–H and O–H groups in total. The molecule has 0 heterocycles. The summed E-state index contributed by atoms with van der Waals surface area (Å²) in [5.41, 5.74) is 1.47. The second-order valence-electron chi connectivity index (χ2n) is 8.04. The second kappa shape index (κ2) is 14.4. The van der Waals surface area contributed by atoms with Crippen LogP contribution in [0.1, 0.15) is 101 Å². The van der Waals surface area contributed by atoms with Crippen molar-refractivity contribution in [3.05, 3.63) is 11.1 Å². The molecule has 0 aromatic rings. The summed E-state index contributed by atoms with van der Waals surface area (Å²) in [4.78, 5) is 24.2. The Balaban J connectivity index is 0. The van der Waals surface area contributed by atoms with E-state index in [1.54, 1.807) is 0 Å². The number of allylic oxidation sites excluding steroid dienone is 2. The van der Waals surface area contributed by atoms with Crippen LogP contribution in [0.5, 0.6) is 0 Å². The Morgan fingerprint density at radius 3 is 1.62 bits per heavy atom. The molecule has 0 rings (SSSR count). The fraction of sp³-hybridized carbons (Fsp3) is 0.818. The van der Waals surface area contributed by atoms with Crippen molar-refractivity contribution in [1.82, 2.24) is 0 Å². The minimum atomic E-state index is 0.00713. The molecule has 0 aliphatic carbocycles. The molecule has 0 aromatic carbocycles. The molecular weight excluding hydrogens is 296 g/mol. The highest BCUT2D eigenvalue weighted by Gasteiger charge is 2.20. The van der Waals surface area contributed by atoms with Gasteiger partial charge >= 0.3 is 0 Å². The van der Waals surface area contributed by atoms with Gasteiger partial charge in [-0.25, -0.2) is 0 Å². The van der Waals surface area contributed by atoms with E-state index in [-0.39, 0.29) is 11.6 Å². The molecule has 0 saturated carbocycles. The minimum Gasteiger partial charge on any atom is -0.294 e. The van der Waals surface area contributed by atoms with Crippen molar-refractivity contribution in [3.63, 3.8) is 0 Å². The fourth-order valence-corrected chi connectivity index (χ4v) is 2.18. The van der Waals surface area contributed by atoms with Gasteiger partial charge < -0.3 is 0 Å². The third-order valence-corrected chi connectivity index (χ3v) is 4.05. The van der Waals surface area contributed by atoms with Gasteiger partial charge in [0.15, 0.2) is 11.6 Å². The molecule has 0 fully saturated rings. The van der Waals surface area contributed by atoms with Gasteiger partial charge in [0.2, 0.25) is 0 Å². The maximum absolute atomic E-state index is 12.2. The van der Waals surface area contributed by atoms with Crippen LogP contribution in [0.2, 0.25) is 0 Å². The number of ketones is 2. The molecule has 2 nitrogen and oxygen atoms in total. The first kappa shape index (κ1) is 25.3. The van der Waals surface area contributed by atoms with Crippen LogP contribution < -0.4 is 0 Å². The van der Waals surface area contributed by atoms with E-state index in [0.717, 1.165) is 30.8 Å². The Bertz CT molecular complexity index is 387. The zero-order valence-electron chi connectivity index (χ0n) is 17.8. The Morgan fingerprint density at radius 1 is 0.792 bits per heavy atom. The molecule has 2 heteroatoms. The molecule has 0 amide bonds. The molecule has 24 heavy (non-hydrogen) atoms. The minimum absolute atomic E-state index is 0.00713. The van der Waals surface area contributed by atoms with Crippen LogP contribution in [0.25, 0.3) is 0 Å². The van der Waals surface area contributed by atoms with Crippen molar-refractivity contribution in [3.8, 4) is 0 Å². The maximum Gasteiger partial charge on any atom is 0.166 e. The number of carbonyl (C=O) groups excluding carboxylic acids is 2. The van der Waals surface area contributed by atoms with Crippen LogP contribution >= 0.6 is 0 Å². The summed E-state index contributed by atoms with van der Waals surface area (Å²) >= 11 is 0. The number of hydrogen-bond acceptors (Lipinski definition) is 2. The van der Waals surface area contributed by atoms with Gasteiger partial charge in [-0.05, 0) is 37.5 Å². The van der Waals surface area contributed by atoms with E-state index >= 15 is 0 Å². The van der Waals surface area contributed by atoms with Crippen molar-refractivity contribution in [1.29, 1.82) is 0 Å². The lowest BCUT2D eigenvalue weighted by molar-refractivity contribution is -0.121. The molecule has 0 spiro atoms. The third-order valence-electron chi connectivity index (χ3n) is 4.05. The van der Waals surface area contributed by atoms with Gasteiger partial charge in [-0.2, -0.15) is 0 Å². The van der Waals surface area contributed by atoms with Crippen LogP contribution in [-0.4, -0.2) is 11.6 Å². The van der Waals surface area contributed by atoms with Crippen LogP contribution in [0.15, 0.2) is 11.1 Å². The van der Waals surface area contributed by atoms with Gasteiger partial charge in [0, 0.05) is 12.8 Å². The summed E-state index contributed by atoms with van der Waals surface area (Å²) < 4.78 is 0. The number of hydrogen-bond donors (Lipinski definition) is 0. The van der Waals surface area contributed by atoms with E-state index < -0.39 is 0 Å². The van der Waals surface area contributed by atoms with E-state index in [2.05, 4.69) is 34.6 Å². The van der Waals surface area contributed by atoms with E-state index in [4.69, 9.17) is 0 Å². The lowest BCUT2D eigenvalue weighted by Gasteiger charge is -2.12. The van der Waals surface area contributed by atoms with Crippen molar-refractivity contribution < 1.29 is 9.59 Å². The van der Waals surface area contributed by atoms with Crippen molar-refractivity contribution in [2.75, 3.05) is 0 Å². The molecule has 142 valence electrons. The monoisotopic (exact) mass is 338 g/mol. The first-order valence-corrected chi connectivity index (χ1v) is 9.82. The predicted octanol–water partition coefficient (Wildman–Crippen LogP) is 6.78. The molecular formula is C22H42O2. The van der Waals surface area contributed by atoms with Crippen molar-refractivity contribution >= 4 is 11.6 Å². The maximum atomic E-state index is 12.2. The topological polar surface area (TPSA) is 34.1 Å². The zero-order valence-corrected chi connectivity index (χ0v) is 17.8. The lowest BCUT2D eigenvalue weighted by atomic mass is 9.91. The first-order valence-electron chi connectivity index (χ1n) is 9.82. The Kier molecular flexibility index (Phi) is 15.2. The Hall–Kier alpha value is -0.920. The largest absolute Gasteiger partial charge is 0.294 e. The van der Waals surface area contributed by atoms with Gasteiger partial charge in [-0.1, -0.05) is 73.8 Å². The van der Waals surface area contributed by atoms with Crippen LogP contribution in [0.4, 0.5) is 0 Å². The second-order valence-corrected chi connectivity index (χ2v) is 8.04. The summed E-state index contributed by atoms with van der Waals surface area (Å²) in [6.07, 6.45) is 5.26. The number of rotatable bonds is 10. The third kappa shape index (κ3) is 13.5. The normalized spacial score (nSPS) is 12.2. The van der Waals surface area contributed by atoms with Gasteiger partial charge in [-0.15, -0.1) is 0 Å². The quantitative estimate of drug-likeness (QED) is 0.250. The average Bonchev–Trinajstić information content (AvgIpc) is 2.46. The highest BCUT2D eigenvalue weighted by molar-refractivity contribution is 6.20. The van der Waals surface area contributed by atoms with E-state index in [9.17, 15) is 9.59 Å².